The monoisotopic (exact) mass is 324 g/mol. The number of nitrogens with zero attached hydrogens (tertiary/aromatic N) is 2. The molecule has 0 aliphatic carbocycles. The molecule has 1 aromatic carbocycles. The van der Waals surface area contributed by atoms with Crippen molar-refractivity contribution in [2.45, 2.75) is 9.92 Å². The summed E-state index contributed by atoms with van der Waals surface area (Å²) in [6.45, 7) is 0. The molecule has 0 radical (unpaired) electrons. The van der Waals surface area contributed by atoms with Crippen molar-refractivity contribution in [3.05, 3.63) is 46.9 Å². The normalized spacial score (nSPS) is 10.2. The topological polar surface area (TPSA) is 89.4 Å². The second kappa shape index (κ2) is 6.55. The zero-order valence-electron chi connectivity index (χ0n) is 10.7. The number of carboxylic acid groups (broad SMARTS) is 1. The van der Waals surface area contributed by atoms with Crippen molar-refractivity contribution in [1.82, 2.24) is 9.97 Å². The van der Waals surface area contributed by atoms with E-state index >= 15 is 0 Å². The van der Waals surface area contributed by atoms with E-state index in [1.54, 1.807) is 12.1 Å². The third-order valence-corrected chi connectivity index (χ3v) is 3.64. The third-order valence-electron chi connectivity index (χ3n) is 2.39. The fourth-order valence-corrected chi connectivity index (χ4v) is 2.45. The van der Waals surface area contributed by atoms with Gasteiger partial charge in [0.05, 0.1) is 17.7 Å². The summed E-state index contributed by atoms with van der Waals surface area (Å²) in [5.41, 5.74) is 0.00362. The molecule has 0 aliphatic heterocycles. The maximum Gasteiger partial charge on any atom is 0.376 e. The molecule has 6 nitrogen and oxygen atoms in total. The van der Waals surface area contributed by atoms with Crippen LogP contribution in [0.4, 0.5) is 0 Å². The van der Waals surface area contributed by atoms with E-state index in [4.69, 9.17) is 16.7 Å². The third kappa shape index (κ3) is 3.71. The van der Waals surface area contributed by atoms with Crippen LogP contribution in [0.2, 0.25) is 5.02 Å². The molecule has 2 rings (SSSR count). The average Bonchev–Trinajstić information content (AvgIpc) is 2.48. The molecule has 108 valence electrons. The molecule has 1 N–H and O–H groups in total. The molecule has 1 aromatic heterocycles. The van der Waals surface area contributed by atoms with Crippen LogP contribution in [0.5, 0.6) is 0 Å². The number of carbonyl (C=O) groups is 2. The summed E-state index contributed by atoms with van der Waals surface area (Å²) in [6.07, 6.45) is 1.43. The second-order valence-electron chi connectivity index (χ2n) is 3.76. The predicted octanol–water partition coefficient (Wildman–Crippen LogP) is 2.77. The minimum atomic E-state index is -1.11. The van der Waals surface area contributed by atoms with Gasteiger partial charge in [0.2, 0.25) is 5.82 Å². The van der Waals surface area contributed by atoms with Gasteiger partial charge >= 0.3 is 11.9 Å². The fourth-order valence-electron chi connectivity index (χ4n) is 1.44. The van der Waals surface area contributed by atoms with Crippen LogP contribution in [0, 0.1) is 0 Å². The average molecular weight is 325 g/mol. The van der Waals surface area contributed by atoms with Gasteiger partial charge in [-0.1, -0.05) is 23.4 Å². The van der Waals surface area contributed by atoms with Crippen molar-refractivity contribution in [1.29, 1.82) is 0 Å². The van der Waals surface area contributed by atoms with Crippen molar-refractivity contribution >= 4 is 35.3 Å². The largest absolute Gasteiger partial charge is 0.478 e. The molecule has 2 aromatic rings. The SMILES string of the molecule is COC(=O)c1nccc(Sc2ccc(Cl)c(C(=O)O)c2)n1. The Hall–Kier alpha value is -2.12. The van der Waals surface area contributed by atoms with E-state index in [2.05, 4.69) is 14.7 Å². The van der Waals surface area contributed by atoms with Gasteiger partial charge in [-0.2, -0.15) is 0 Å². The highest BCUT2D eigenvalue weighted by molar-refractivity contribution is 7.99. The molecule has 0 amide bonds. The maximum absolute atomic E-state index is 11.4. The number of esters is 1. The van der Waals surface area contributed by atoms with E-state index in [1.807, 2.05) is 0 Å². The minimum absolute atomic E-state index is 0.00362. The Labute approximate surface area is 129 Å². The summed E-state index contributed by atoms with van der Waals surface area (Å²) in [7, 11) is 1.24. The van der Waals surface area contributed by atoms with Crippen molar-refractivity contribution in [2.75, 3.05) is 7.11 Å². The first-order valence-electron chi connectivity index (χ1n) is 5.63. The van der Waals surface area contributed by atoms with Gasteiger partial charge < -0.3 is 9.84 Å². The Morgan fingerprint density at radius 3 is 2.76 bits per heavy atom. The van der Waals surface area contributed by atoms with E-state index in [-0.39, 0.29) is 16.4 Å². The van der Waals surface area contributed by atoms with Crippen LogP contribution in [0.3, 0.4) is 0 Å². The molecule has 0 spiro atoms. The second-order valence-corrected chi connectivity index (χ2v) is 5.26. The highest BCUT2D eigenvalue weighted by atomic mass is 35.5. The number of methoxy groups -OCH3 is 1. The lowest BCUT2D eigenvalue weighted by molar-refractivity contribution is 0.0585. The van der Waals surface area contributed by atoms with Gasteiger partial charge in [-0.15, -0.1) is 0 Å². The van der Waals surface area contributed by atoms with Gasteiger partial charge in [-0.25, -0.2) is 19.6 Å². The van der Waals surface area contributed by atoms with Crippen molar-refractivity contribution in [3.8, 4) is 0 Å². The van der Waals surface area contributed by atoms with Gasteiger partial charge in [-0.3, -0.25) is 0 Å². The first kappa shape index (κ1) is 15.3. The van der Waals surface area contributed by atoms with E-state index < -0.39 is 11.9 Å². The summed E-state index contributed by atoms with van der Waals surface area (Å²) in [6, 6.07) is 6.20. The van der Waals surface area contributed by atoms with Crippen LogP contribution in [-0.2, 0) is 4.74 Å². The molecule has 21 heavy (non-hydrogen) atoms. The van der Waals surface area contributed by atoms with Gasteiger partial charge in [0.25, 0.3) is 0 Å². The maximum atomic E-state index is 11.4. The van der Waals surface area contributed by atoms with E-state index in [1.165, 1.54) is 37.2 Å². The molecule has 0 atom stereocenters. The molecule has 0 saturated heterocycles. The number of halogens is 1. The lowest BCUT2D eigenvalue weighted by Crippen LogP contribution is -2.07. The molecule has 0 aliphatic rings. The van der Waals surface area contributed by atoms with Crippen LogP contribution < -0.4 is 0 Å². The van der Waals surface area contributed by atoms with Crippen LogP contribution in [0.1, 0.15) is 21.0 Å². The molecule has 0 unspecified atom stereocenters. The van der Waals surface area contributed by atoms with Gasteiger partial charge in [0, 0.05) is 11.1 Å². The zero-order chi connectivity index (χ0) is 15.4. The van der Waals surface area contributed by atoms with Crippen molar-refractivity contribution < 1.29 is 19.4 Å². The molecule has 0 bridgehead atoms. The highest BCUT2D eigenvalue weighted by Crippen LogP contribution is 2.29. The number of rotatable bonds is 4. The quantitative estimate of drug-likeness (QED) is 0.683. The van der Waals surface area contributed by atoms with Gasteiger partial charge in [0.1, 0.15) is 5.03 Å². The molecular formula is C13H9ClN2O4S. The van der Waals surface area contributed by atoms with Crippen LogP contribution in [0.25, 0.3) is 0 Å². The molecule has 0 saturated carbocycles. The van der Waals surface area contributed by atoms with Gasteiger partial charge in [-0.05, 0) is 24.3 Å². The molecule has 0 fully saturated rings. The Balaban J connectivity index is 2.28. The summed E-state index contributed by atoms with van der Waals surface area (Å²) in [5.74, 6) is -1.81. The van der Waals surface area contributed by atoms with E-state index in [0.717, 1.165) is 0 Å². The summed E-state index contributed by atoms with van der Waals surface area (Å²) in [4.78, 5) is 30.8. The molecule has 8 heteroatoms. The zero-order valence-corrected chi connectivity index (χ0v) is 12.3. The number of aromatic nitrogens is 2. The van der Waals surface area contributed by atoms with E-state index in [0.29, 0.717) is 9.92 Å². The number of aromatic carboxylic acids is 1. The predicted molar refractivity (Wildman–Crippen MR) is 75.9 cm³/mol. The molecular weight excluding hydrogens is 316 g/mol. The van der Waals surface area contributed by atoms with Crippen molar-refractivity contribution in [2.24, 2.45) is 0 Å². The van der Waals surface area contributed by atoms with Crippen LogP contribution in [0.15, 0.2) is 40.4 Å². The summed E-state index contributed by atoms with van der Waals surface area (Å²) in [5, 5.41) is 9.67. The lowest BCUT2D eigenvalue weighted by atomic mass is 10.2. The summed E-state index contributed by atoms with van der Waals surface area (Å²) >= 11 is 6.99. The number of carboxylic acids is 1. The van der Waals surface area contributed by atoms with Gasteiger partial charge in [0.15, 0.2) is 0 Å². The lowest BCUT2D eigenvalue weighted by Gasteiger charge is -2.05. The Bertz CT molecular complexity index is 708. The number of hydrogen-bond acceptors (Lipinski definition) is 6. The number of carbonyl (C=O) groups excluding carboxylic acids is 1. The standard InChI is InChI=1S/C13H9ClN2O4S/c1-20-13(19)11-15-5-4-10(16-11)21-7-2-3-9(14)8(6-7)12(17)18/h2-6H,1H3,(H,17,18). The Morgan fingerprint density at radius 1 is 1.33 bits per heavy atom. The fraction of sp³-hybridized carbons (Fsp3) is 0.0769. The Morgan fingerprint density at radius 2 is 2.10 bits per heavy atom. The number of benzene rings is 1. The van der Waals surface area contributed by atoms with Crippen molar-refractivity contribution in [3.63, 3.8) is 0 Å². The smallest absolute Gasteiger partial charge is 0.376 e. The number of hydrogen-bond donors (Lipinski definition) is 1. The molecule has 1 heterocycles. The first-order chi connectivity index (χ1) is 10.0. The highest BCUT2D eigenvalue weighted by Gasteiger charge is 2.13. The summed E-state index contributed by atoms with van der Waals surface area (Å²) < 4.78 is 4.54. The van der Waals surface area contributed by atoms with Crippen LogP contribution >= 0.6 is 23.4 Å². The first-order valence-corrected chi connectivity index (χ1v) is 6.82. The minimum Gasteiger partial charge on any atom is -0.478 e. The Kier molecular flexibility index (Phi) is 4.77. The van der Waals surface area contributed by atoms with E-state index in [9.17, 15) is 9.59 Å². The van der Waals surface area contributed by atoms with Crippen LogP contribution in [-0.4, -0.2) is 34.1 Å². The number of ether oxygens (including phenoxy) is 1.